The number of carbonyl (C=O) groups is 2. The predicted molar refractivity (Wildman–Crippen MR) is 85.7 cm³/mol. The van der Waals surface area contributed by atoms with E-state index >= 15 is 0 Å². The highest BCUT2D eigenvalue weighted by atomic mass is 19.1. The molecule has 7 heteroatoms. The van der Waals surface area contributed by atoms with Crippen LogP contribution in [-0.2, 0) is 16.9 Å². The van der Waals surface area contributed by atoms with Gasteiger partial charge in [0.1, 0.15) is 22.9 Å². The maximum Gasteiger partial charge on any atom is 0.325 e. The average Bonchev–Trinajstić information content (AvgIpc) is 3.01. The van der Waals surface area contributed by atoms with Crippen LogP contribution < -0.4 is 5.32 Å². The fraction of sp³-hybridized carbons (Fsp3) is 0.278. The lowest BCUT2D eigenvalue weighted by molar-refractivity contribution is -0.131. The summed E-state index contributed by atoms with van der Waals surface area (Å²) in [5.74, 6) is 0.0566. The number of carbonyl (C=O) groups excluding carboxylic acids is 2. The van der Waals surface area contributed by atoms with Gasteiger partial charge in [-0.2, -0.15) is 5.26 Å². The first-order valence-corrected chi connectivity index (χ1v) is 7.66. The molecule has 0 saturated carbocycles. The Morgan fingerprint density at radius 3 is 2.60 bits per heavy atom. The lowest BCUT2D eigenvalue weighted by atomic mass is 9.92. The monoisotopic (exact) mass is 341 g/mol. The Balaban J connectivity index is 1.92. The Morgan fingerprint density at radius 2 is 2.04 bits per heavy atom. The van der Waals surface area contributed by atoms with Gasteiger partial charge in [0.05, 0.1) is 18.2 Å². The molecule has 6 nitrogen and oxygen atoms in total. The summed E-state index contributed by atoms with van der Waals surface area (Å²) in [7, 11) is 0. The quantitative estimate of drug-likeness (QED) is 0.870. The molecule has 3 amide bonds. The zero-order chi connectivity index (χ0) is 18.4. The van der Waals surface area contributed by atoms with Gasteiger partial charge in [0.2, 0.25) is 0 Å². The predicted octanol–water partition coefficient (Wildman–Crippen LogP) is 2.87. The van der Waals surface area contributed by atoms with Crippen molar-refractivity contribution in [1.82, 2.24) is 10.2 Å². The van der Waals surface area contributed by atoms with Crippen molar-refractivity contribution >= 4 is 11.9 Å². The zero-order valence-corrected chi connectivity index (χ0v) is 14.0. The summed E-state index contributed by atoms with van der Waals surface area (Å²) in [6, 6.07) is 6.87. The number of hydrogen-bond acceptors (Lipinski definition) is 4. The molecule has 128 valence electrons. The first-order chi connectivity index (χ1) is 11.8. The van der Waals surface area contributed by atoms with Gasteiger partial charge in [0.25, 0.3) is 5.91 Å². The van der Waals surface area contributed by atoms with E-state index in [-0.39, 0.29) is 17.7 Å². The van der Waals surface area contributed by atoms with E-state index in [0.717, 1.165) is 11.0 Å². The third-order valence-corrected chi connectivity index (χ3v) is 4.37. The Bertz CT molecular complexity index is 928. The molecule has 0 aliphatic carbocycles. The maximum absolute atomic E-state index is 14.1. The summed E-state index contributed by atoms with van der Waals surface area (Å²) < 4.78 is 19.6. The lowest BCUT2D eigenvalue weighted by Gasteiger charge is -2.21. The molecule has 1 saturated heterocycles. The second-order valence-electron chi connectivity index (χ2n) is 6.19. The smallest absolute Gasteiger partial charge is 0.325 e. The topological polar surface area (TPSA) is 86.3 Å². The van der Waals surface area contributed by atoms with Crippen LogP contribution in [0.1, 0.15) is 35.1 Å². The van der Waals surface area contributed by atoms with E-state index in [1.165, 1.54) is 12.1 Å². The average molecular weight is 341 g/mol. The summed E-state index contributed by atoms with van der Waals surface area (Å²) in [6.45, 7) is 4.86. The molecular formula is C18H16FN3O3. The second-order valence-corrected chi connectivity index (χ2v) is 6.19. The molecule has 1 fully saturated rings. The van der Waals surface area contributed by atoms with Crippen molar-refractivity contribution in [3.8, 4) is 6.07 Å². The fourth-order valence-electron chi connectivity index (χ4n) is 3.07. The Labute approximate surface area is 143 Å². The number of nitriles is 1. The zero-order valence-electron chi connectivity index (χ0n) is 14.0. The summed E-state index contributed by atoms with van der Waals surface area (Å²) in [4.78, 5) is 26.1. The van der Waals surface area contributed by atoms with Gasteiger partial charge in [0.15, 0.2) is 0 Å². The Morgan fingerprint density at radius 1 is 1.32 bits per heavy atom. The molecule has 1 atom stereocenters. The number of nitrogens with zero attached hydrogens (tertiary/aromatic N) is 2. The largest absolute Gasteiger partial charge is 0.466 e. The number of hydrogen-bond donors (Lipinski definition) is 1. The summed E-state index contributed by atoms with van der Waals surface area (Å²) in [5.41, 5.74) is -0.354. The van der Waals surface area contributed by atoms with Gasteiger partial charge >= 0.3 is 6.03 Å². The summed E-state index contributed by atoms with van der Waals surface area (Å²) >= 11 is 0. The van der Waals surface area contributed by atoms with Crippen LogP contribution in [0, 0.1) is 31.0 Å². The number of benzene rings is 1. The molecular weight excluding hydrogens is 325 g/mol. The molecule has 1 aromatic heterocycles. The van der Waals surface area contributed by atoms with Crippen LogP contribution in [0.2, 0.25) is 0 Å². The molecule has 1 aliphatic heterocycles. The summed E-state index contributed by atoms with van der Waals surface area (Å²) in [6.07, 6.45) is 0. The van der Waals surface area contributed by atoms with Gasteiger partial charge in [-0.15, -0.1) is 0 Å². The first kappa shape index (κ1) is 16.7. The highest BCUT2D eigenvalue weighted by Crippen LogP contribution is 2.33. The molecule has 2 heterocycles. The van der Waals surface area contributed by atoms with Crippen LogP contribution in [0.4, 0.5) is 9.18 Å². The first-order valence-electron chi connectivity index (χ1n) is 7.66. The molecule has 25 heavy (non-hydrogen) atoms. The highest BCUT2D eigenvalue weighted by Gasteiger charge is 2.50. The third-order valence-electron chi connectivity index (χ3n) is 4.37. The molecule has 1 N–H and O–H groups in total. The van der Waals surface area contributed by atoms with Gasteiger partial charge in [-0.05, 0) is 39.0 Å². The SMILES string of the molecule is Cc1cc([C@]2(C)NC(=O)N(Cc3ccc(C#N)cc3F)C2=O)c(C)o1. The number of amides is 3. The highest BCUT2D eigenvalue weighted by molar-refractivity contribution is 6.07. The van der Waals surface area contributed by atoms with Crippen molar-refractivity contribution in [1.29, 1.82) is 5.26 Å². The van der Waals surface area contributed by atoms with Crippen LogP contribution in [0.15, 0.2) is 28.7 Å². The molecule has 0 spiro atoms. The van der Waals surface area contributed by atoms with Crippen LogP contribution in [-0.4, -0.2) is 16.8 Å². The van der Waals surface area contributed by atoms with E-state index in [1.807, 2.05) is 6.07 Å². The third kappa shape index (κ3) is 2.66. The maximum atomic E-state index is 14.1. The van der Waals surface area contributed by atoms with Gasteiger partial charge in [-0.25, -0.2) is 9.18 Å². The van der Waals surface area contributed by atoms with E-state index in [2.05, 4.69) is 5.32 Å². The number of aryl methyl sites for hydroxylation is 2. The number of rotatable bonds is 3. The van der Waals surface area contributed by atoms with E-state index in [9.17, 15) is 14.0 Å². The van der Waals surface area contributed by atoms with E-state index in [0.29, 0.717) is 17.1 Å². The van der Waals surface area contributed by atoms with E-state index in [4.69, 9.17) is 9.68 Å². The van der Waals surface area contributed by atoms with E-state index < -0.39 is 23.3 Å². The molecule has 0 bridgehead atoms. The van der Waals surface area contributed by atoms with Crippen LogP contribution in [0.25, 0.3) is 0 Å². The number of imide groups is 1. The van der Waals surface area contributed by atoms with Gasteiger partial charge in [-0.3, -0.25) is 9.69 Å². The van der Waals surface area contributed by atoms with Crippen LogP contribution in [0.3, 0.4) is 0 Å². The molecule has 1 aliphatic rings. The molecule has 0 unspecified atom stereocenters. The number of halogens is 1. The van der Waals surface area contributed by atoms with Crippen molar-refractivity contribution < 1.29 is 18.4 Å². The van der Waals surface area contributed by atoms with Crippen molar-refractivity contribution in [2.24, 2.45) is 0 Å². The van der Waals surface area contributed by atoms with Gasteiger partial charge < -0.3 is 9.73 Å². The standard InChI is InChI=1S/C18H16FN3O3/c1-10-6-14(11(2)25-10)18(3)16(23)22(17(24)21-18)9-13-5-4-12(8-20)7-15(13)19/h4-7H,9H2,1-3H3,(H,21,24)/t18-/m0/s1. The molecule has 3 rings (SSSR count). The summed E-state index contributed by atoms with van der Waals surface area (Å²) in [5, 5.41) is 11.5. The number of urea groups is 1. The minimum atomic E-state index is -1.26. The van der Waals surface area contributed by atoms with Crippen molar-refractivity contribution in [2.45, 2.75) is 32.9 Å². The minimum absolute atomic E-state index is 0.159. The minimum Gasteiger partial charge on any atom is -0.466 e. The van der Waals surface area contributed by atoms with Crippen molar-refractivity contribution in [3.63, 3.8) is 0 Å². The molecule has 0 radical (unpaired) electrons. The Hall–Kier alpha value is -3.14. The molecule has 2 aromatic rings. The lowest BCUT2D eigenvalue weighted by Crippen LogP contribution is -2.41. The number of nitrogens with one attached hydrogen (secondary N) is 1. The van der Waals surface area contributed by atoms with Crippen LogP contribution in [0.5, 0.6) is 0 Å². The van der Waals surface area contributed by atoms with E-state index in [1.54, 1.807) is 26.8 Å². The Kier molecular flexibility index (Phi) is 3.84. The fourth-order valence-corrected chi connectivity index (χ4v) is 3.07. The normalized spacial score (nSPS) is 19.9. The van der Waals surface area contributed by atoms with Crippen molar-refractivity contribution in [2.75, 3.05) is 0 Å². The van der Waals surface area contributed by atoms with Crippen LogP contribution >= 0.6 is 0 Å². The van der Waals surface area contributed by atoms with Crippen molar-refractivity contribution in [3.05, 3.63) is 58.3 Å². The number of furan rings is 1. The second kappa shape index (κ2) is 5.74. The van der Waals surface area contributed by atoms with Gasteiger partial charge in [-0.1, -0.05) is 6.07 Å². The van der Waals surface area contributed by atoms with Gasteiger partial charge in [0, 0.05) is 11.1 Å². The molecule has 1 aromatic carbocycles.